The Labute approximate surface area is 156 Å². The quantitative estimate of drug-likeness (QED) is 0.860. The predicted molar refractivity (Wildman–Crippen MR) is 102 cm³/mol. The fourth-order valence-corrected chi connectivity index (χ4v) is 3.10. The summed E-state index contributed by atoms with van der Waals surface area (Å²) in [5.41, 5.74) is 6.80. The van der Waals surface area contributed by atoms with Gasteiger partial charge in [0.1, 0.15) is 0 Å². The molecule has 0 radical (unpaired) electrons. The Bertz CT molecular complexity index is 543. The normalized spacial score (nSPS) is 15.3. The van der Waals surface area contributed by atoms with Gasteiger partial charge in [0, 0.05) is 45.8 Å². The third-order valence-electron chi connectivity index (χ3n) is 4.63. The molecule has 25 heavy (non-hydrogen) atoms. The Balaban J connectivity index is 0.00000312. The van der Waals surface area contributed by atoms with E-state index in [4.69, 9.17) is 5.73 Å². The molecule has 1 aromatic rings. The summed E-state index contributed by atoms with van der Waals surface area (Å²) in [6, 6.07) is 9.72. The standard InChI is InChI=1S/C18H28N4O2.ClH/c1-3-20(4-2)18(24)22-12-10-21(11-13-22)17(23)16(14-19)15-8-6-5-7-9-15;/h5-9,16H,3-4,10-14,19H2,1-2H3;1H. The molecule has 0 saturated carbocycles. The Morgan fingerprint density at radius 2 is 1.56 bits per heavy atom. The zero-order valence-electron chi connectivity index (χ0n) is 15.1. The molecule has 6 nitrogen and oxygen atoms in total. The summed E-state index contributed by atoms with van der Waals surface area (Å²) < 4.78 is 0. The molecule has 0 aliphatic carbocycles. The van der Waals surface area contributed by atoms with E-state index < -0.39 is 0 Å². The molecule has 1 aromatic carbocycles. The maximum Gasteiger partial charge on any atom is 0.320 e. The van der Waals surface area contributed by atoms with Gasteiger partial charge in [-0.3, -0.25) is 4.79 Å². The molecular formula is C18H29ClN4O2. The number of carbonyl (C=O) groups excluding carboxylic acids is 2. The SMILES string of the molecule is CCN(CC)C(=O)N1CCN(C(=O)C(CN)c2ccccc2)CC1.Cl. The van der Waals surface area contributed by atoms with Crippen molar-refractivity contribution in [1.29, 1.82) is 0 Å². The predicted octanol–water partition coefficient (Wildman–Crippen LogP) is 1.76. The molecule has 1 aliphatic heterocycles. The molecule has 140 valence electrons. The third-order valence-corrected chi connectivity index (χ3v) is 4.63. The minimum Gasteiger partial charge on any atom is -0.339 e. The number of hydrogen-bond donors (Lipinski definition) is 1. The number of rotatable bonds is 5. The van der Waals surface area contributed by atoms with E-state index in [1.165, 1.54) is 0 Å². The van der Waals surface area contributed by atoms with Crippen LogP contribution in [0.4, 0.5) is 4.79 Å². The molecule has 1 heterocycles. The number of amides is 3. The van der Waals surface area contributed by atoms with Crippen LogP contribution in [-0.2, 0) is 4.79 Å². The summed E-state index contributed by atoms with van der Waals surface area (Å²) in [5.74, 6) is -0.255. The van der Waals surface area contributed by atoms with E-state index in [1.54, 1.807) is 0 Å². The smallest absolute Gasteiger partial charge is 0.320 e. The number of benzene rings is 1. The lowest BCUT2D eigenvalue weighted by molar-refractivity contribution is -0.134. The van der Waals surface area contributed by atoms with Crippen LogP contribution in [-0.4, -0.2) is 72.5 Å². The van der Waals surface area contributed by atoms with E-state index in [2.05, 4.69) is 0 Å². The third kappa shape index (κ3) is 5.09. The van der Waals surface area contributed by atoms with Crippen molar-refractivity contribution in [3.63, 3.8) is 0 Å². The van der Waals surface area contributed by atoms with Gasteiger partial charge in [-0.05, 0) is 19.4 Å². The molecule has 3 amide bonds. The van der Waals surface area contributed by atoms with Crippen molar-refractivity contribution in [2.75, 3.05) is 45.8 Å². The van der Waals surface area contributed by atoms with Crippen LogP contribution in [0.25, 0.3) is 0 Å². The molecular weight excluding hydrogens is 340 g/mol. The molecule has 1 atom stereocenters. The number of hydrogen-bond acceptors (Lipinski definition) is 3. The van der Waals surface area contributed by atoms with Crippen LogP contribution in [0.3, 0.4) is 0 Å². The second-order valence-corrected chi connectivity index (χ2v) is 5.97. The van der Waals surface area contributed by atoms with Gasteiger partial charge < -0.3 is 20.4 Å². The van der Waals surface area contributed by atoms with Gasteiger partial charge in [0.25, 0.3) is 0 Å². The minimum absolute atomic E-state index is 0. The van der Waals surface area contributed by atoms with Crippen LogP contribution >= 0.6 is 12.4 Å². The van der Waals surface area contributed by atoms with E-state index in [0.717, 1.165) is 5.56 Å². The molecule has 0 bridgehead atoms. The average Bonchev–Trinajstić information content (AvgIpc) is 2.64. The highest BCUT2D eigenvalue weighted by atomic mass is 35.5. The number of piperazine rings is 1. The Kier molecular flexibility index (Phi) is 8.72. The maximum absolute atomic E-state index is 12.8. The van der Waals surface area contributed by atoms with Gasteiger partial charge in [-0.2, -0.15) is 0 Å². The lowest BCUT2D eigenvalue weighted by atomic mass is 9.97. The first-order valence-corrected chi connectivity index (χ1v) is 8.70. The Hall–Kier alpha value is -1.79. The fraction of sp³-hybridized carbons (Fsp3) is 0.556. The molecule has 0 spiro atoms. The van der Waals surface area contributed by atoms with Gasteiger partial charge in [-0.25, -0.2) is 4.79 Å². The fourth-order valence-electron chi connectivity index (χ4n) is 3.10. The molecule has 1 aliphatic rings. The van der Waals surface area contributed by atoms with E-state index in [1.807, 2.05) is 58.9 Å². The Morgan fingerprint density at radius 1 is 1.04 bits per heavy atom. The van der Waals surface area contributed by atoms with Crippen LogP contribution in [0.1, 0.15) is 25.3 Å². The molecule has 7 heteroatoms. The number of halogens is 1. The van der Waals surface area contributed by atoms with Crippen molar-refractivity contribution >= 4 is 24.3 Å². The molecule has 2 N–H and O–H groups in total. The maximum atomic E-state index is 12.8. The summed E-state index contributed by atoms with van der Waals surface area (Å²) in [6.07, 6.45) is 0. The summed E-state index contributed by atoms with van der Waals surface area (Å²) >= 11 is 0. The molecule has 2 rings (SSSR count). The first kappa shape index (κ1) is 21.3. The first-order chi connectivity index (χ1) is 11.6. The lowest BCUT2D eigenvalue weighted by Gasteiger charge is -2.38. The lowest BCUT2D eigenvalue weighted by Crippen LogP contribution is -2.55. The van der Waals surface area contributed by atoms with Crippen molar-refractivity contribution in [3.8, 4) is 0 Å². The Morgan fingerprint density at radius 3 is 2.04 bits per heavy atom. The second-order valence-electron chi connectivity index (χ2n) is 5.97. The van der Waals surface area contributed by atoms with E-state index in [-0.39, 0.29) is 30.3 Å². The zero-order chi connectivity index (χ0) is 17.5. The van der Waals surface area contributed by atoms with Crippen molar-refractivity contribution < 1.29 is 9.59 Å². The molecule has 1 unspecified atom stereocenters. The van der Waals surface area contributed by atoms with E-state index >= 15 is 0 Å². The monoisotopic (exact) mass is 368 g/mol. The van der Waals surface area contributed by atoms with Gasteiger partial charge in [-0.1, -0.05) is 30.3 Å². The van der Waals surface area contributed by atoms with E-state index in [0.29, 0.717) is 45.8 Å². The van der Waals surface area contributed by atoms with Crippen molar-refractivity contribution in [2.24, 2.45) is 5.73 Å². The second kappa shape index (κ2) is 10.3. The van der Waals surface area contributed by atoms with Gasteiger partial charge in [0.15, 0.2) is 0 Å². The largest absolute Gasteiger partial charge is 0.339 e. The zero-order valence-corrected chi connectivity index (χ0v) is 15.9. The van der Waals surface area contributed by atoms with Crippen molar-refractivity contribution in [3.05, 3.63) is 35.9 Å². The van der Waals surface area contributed by atoms with Gasteiger partial charge >= 0.3 is 6.03 Å². The highest BCUT2D eigenvalue weighted by molar-refractivity contribution is 5.85. The number of nitrogens with zero attached hydrogens (tertiary/aromatic N) is 3. The van der Waals surface area contributed by atoms with Crippen LogP contribution < -0.4 is 5.73 Å². The first-order valence-electron chi connectivity index (χ1n) is 8.70. The van der Waals surface area contributed by atoms with Crippen LogP contribution in [0.15, 0.2) is 30.3 Å². The summed E-state index contributed by atoms with van der Waals surface area (Å²) in [6.45, 7) is 7.95. The summed E-state index contributed by atoms with van der Waals surface area (Å²) in [5, 5.41) is 0. The van der Waals surface area contributed by atoms with Crippen LogP contribution in [0, 0.1) is 0 Å². The molecule has 0 aromatic heterocycles. The topological polar surface area (TPSA) is 69.9 Å². The summed E-state index contributed by atoms with van der Waals surface area (Å²) in [4.78, 5) is 30.6. The summed E-state index contributed by atoms with van der Waals surface area (Å²) in [7, 11) is 0. The van der Waals surface area contributed by atoms with Crippen LogP contribution in [0.5, 0.6) is 0 Å². The number of urea groups is 1. The number of carbonyl (C=O) groups is 2. The minimum atomic E-state index is -0.309. The molecule has 1 saturated heterocycles. The average molecular weight is 369 g/mol. The van der Waals surface area contributed by atoms with Crippen LogP contribution in [0.2, 0.25) is 0 Å². The van der Waals surface area contributed by atoms with Crippen molar-refractivity contribution in [2.45, 2.75) is 19.8 Å². The van der Waals surface area contributed by atoms with Gasteiger partial charge in [0.2, 0.25) is 5.91 Å². The highest BCUT2D eigenvalue weighted by Crippen LogP contribution is 2.18. The van der Waals surface area contributed by atoms with Crippen molar-refractivity contribution in [1.82, 2.24) is 14.7 Å². The number of nitrogens with two attached hydrogens (primary N) is 1. The molecule has 1 fully saturated rings. The van der Waals surface area contributed by atoms with Gasteiger partial charge in [-0.15, -0.1) is 12.4 Å². The van der Waals surface area contributed by atoms with Gasteiger partial charge in [0.05, 0.1) is 5.92 Å². The van der Waals surface area contributed by atoms with E-state index in [9.17, 15) is 9.59 Å². The highest BCUT2D eigenvalue weighted by Gasteiger charge is 2.30.